The number of amides is 1. The van der Waals surface area contributed by atoms with Crippen molar-refractivity contribution in [3.8, 4) is 5.69 Å². The van der Waals surface area contributed by atoms with Crippen molar-refractivity contribution in [3.63, 3.8) is 0 Å². The maximum Gasteiger partial charge on any atom is 0.434 e. The lowest BCUT2D eigenvalue weighted by molar-refractivity contribution is -0.143. The van der Waals surface area contributed by atoms with Gasteiger partial charge in [0.05, 0.1) is 18.5 Å². The second-order valence-corrected chi connectivity index (χ2v) is 7.45. The first-order chi connectivity index (χ1) is 13.7. The van der Waals surface area contributed by atoms with Gasteiger partial charge in [-0.1, -0.05) is 0 Å². The molecule has 2 aromatic rings. The number of ether oxygens (including phenoxy) is 1. The molecule has 2 aliphatic rings. The van der Waals surface area contributed by atoms with Crippen LogP contribution < -0.4 is 0 Å². The predicted octanol–water partition coefficient (Wildman–Crippen LogP) is 2.84. The normalized spacial score (nSPS) is 21.8. The van der Waals surface area contributed by atoms with Gasteiger partial charge in [-0.3, -0.25) is 4.79 Å². The van der Waals surface area contributed by atoms with E-state index in [1.165, 1.54) is 24.3 Å². The van der Waals surface area contributed by atoms with Crippen LogP contribution in [0.5, 0.6) is 0 Å². The number of rotatable bonds is 3. The summed E-state index contributed by atoms with van der Waals surface area (Å²) in [6.45, 7) is 2.55. The van der Waals surface area contributed by atoms with E-state index in [1.54, 1.807) is 4.90 Å². The molecule has 29 heavy (non-hydrogen) atoms. The Morgan fingerprint density at radius 1 is 1.17 bits per heavy atom. The Labute approximate surface area is 163 Å². The van der Waals surface area contributed by atoms with E-state index in [0.717, 1.165) is 12.8 Å². The van der Waals surface area contributed by atoms with Gasteiger partial charge in [-0.2, -0.15) is 18.3 Å². The average molecular weight is 409 g/mol. The number of carbonyl (C=O) groups is 2. The highest BCUT2D eigenvalue weighted by molar-refractivity contribution is 5.94. The second kappa shape index (κ2) is 6.87. The minimum absolute atomic E-state index is 0.0134. The van der Waals surface area contributed by atoms with Crippen LogP contribution in [0.2, 0.25) is 0 Å². The van der Waals surface area contributed by atoms with Gasteiger partial charge in [0.25, 0.3) is 5.91 Å². The Kier molecular flexibility index (Phi) is 4.60. The van der Waals surface area contributed by atoms with Crippen LogP contribution in [0.3, 0.4) is 0 Å². The summed E-state index contributed by atoms with van der Waals surface area (Å²) in [6.07, 6.45) is -2.44. The van der Waals surface area contributed by atoms with Gasteiger partial charge in [0.1, 0.15) is 5.56 Å². The summed E-state index contributed by atoms with van der Waals surface area (Å²) in [7, 11) is 0. The number of nitrogens with zero attached hydrogens (tertiary/aromatic N) is 3. The lowest BCUT2D eigenvalue weighted by atomic mass is 9.87. The molecule has 1 aromatic carbocycles. The highest BCUT2D eigenvalue weighted by atomic mass is 19.4. The minimum Gasteiger partial charge on any atom is -0.478 e. The fourth-order valence-electron chi connectivity index (χ4n) is 3.98. The molecule has 1 atom stereocenters. The standard InChI is InChI=1S/C19H18F3N3O4/c20-19(21,22)15-14(17(27)28)9-23-25(15)13-3-1-12(2-4-13)16(26)24-7-5-18(10-24)6-8-29-11-18/h1-4,9H,5-8,10-11H2,(H,27,28). The highest BCUT2D eigenvalue weighted by Gasteiger charge is 2.43. The summed E-state index contributed by atoms with van der Waals surface area (Å²) in [4.78, 5) is 25.6. The minimum atomic E-state index is -4.90. The van der Waals surface area contributed by atoms with Crippen LogP contribution in [0, 0.1) is 5.41 Å². The molecule has 1 amide bonds. The zero-order valence-corrected chi connectivity index (χ0v) is 15.3. The number of benzene rings is 1. The first-order valence-corrected chi connectivity index (χ1v) is 9.06. The molecule has 10 heteroatoms. The summed E-state index contributed by atoms with van der Waals surface area (Å²) in [5.41, 5.74) is -1.92. The monoisotopic (exact) mass is 409 g/mol. The van der Waals surface area contributed by atoms with E-state index in [4.69, 9.17) is 9.84 Å². The number of likely N-dealkylation sites (tertiary alicyclic amines) is 1. The quantitative estimate of drug-likeness (QED) is 0.843. The topological polar surface area (TPSA) is 84.7 Å². The van der Waals surface area contributed by atoms with E-state index >= 15 is 0 Å². The van der Waals surface area contributed by atoms with Gasteiger partial charge in [-0.15, -0.1) is 0 Å². The number of aromatic carboxylic acids is 1. The lowest BCUT2D eigenvalue weighted by Gasteiger charge is -2.22. The van der Waals surface area contributed by atoms with Crippen LogP contribution in [0.15, 0.2) is 30.5 Å². The van der Waals surface area contributed by atoms with Crippen LogP contribution in [0.4, 0.5) is 13.2 Å². The molecule has 4 rings (SSSR count). The third kappa shape index (κ3) is 3.48. The van der Waals surface area contributed by atoms with Gasteiger partial charge in [0, 0.05) is 30.7 Å². The molecule has 1 N–H and O–H groups in total. The van der Waals surface area contributed by atoms with Crippen molar-refractivity contribution in [2.45, 2.75) is 19.0 Å². The molecule has 3 heterocycles. The number of halogens is 3. The maximum absolute atomic E-state index is 13.3. The number of hydrogen-bond acceptors (Lipinski definition) is 4. The SMILES string of the molecule is O=C(O)c1cnn(-c2ccc(C(=O)N3CCC4(CCOC4)C3)cc2)c1C(F)(F)F. The number of hydrogen-bond donors (Lipinski definition) is 1. The van der Waals surface area contributed by atoms with Crippen LogP contribution >= 0.6 is 0 Å². The molecule has 154 valence electrons. The van der Waals surface area contributed by atoms with E-state index in [2.05, 4.69) is 5.10 Å². The fraction of sp³-hybridized carbons (Fsp3) is 0.421. The molecule has 2 saturated heterocycles. The predicted molar refractivity (Wildman–Crippen MR) is 93.9 cm³/mol. The van der Waals surface area contributed by atoms with Crippen molar-refractivity contribution < 1.29 is 32.6 Å². The molecule has 1 spiro atoms. The summed E-state index contributed by atoms with van der Waals surface area (Å²) < 4.78 is 46.0. The van der Waals surface area contributed by atoms with Crippen molar-refractivity contribution in [2.75, 3.05) is 26.3 Å². The first kappa shape index (κ1) is 19.4. The van der Waals surface area contributed by atoms with Gasteiger partial charge in [-0.25, -0.2) is 9.48 Å². The van der Waals surface area contributed by atoms with Crippen molar-refractivity contribution >= 4 is 11.9 Å². The van der Waals surface area contributed by atoms with E-state index in [0.29, 0.717) is 42.7 Å². The Bertz CT molecular complexity index is 947. The van der Waals surface area contributed by atoms with Crippen LogP contribution in [-0.4, -0.2) is 58.0 Å². The molecule has 2 fully saturated rings. The van der Waals surface area contributed by atoms with Gasteiger partial charge >= 0.3 is 12.1 Å². The molecule has 0 bridgehead atoms. The Balaban J connectivity index is 1.58. The Hall–Kier alpha value is -2.88. The smallest absolute Gasteiger partial charge is 0.434 e. The van der Waals surface area contributed by atoms with Crippen molar-refractivity contribution in [3.05, 3.63) is 47.3 Å². The zero-order valence-electron chi connectivity index (χ0n) is 15.3. The molecule has 1 aromatic heterocycles. The molecule has 2 aliphatic heterocycles. The van der Waals surface area contributed by atoms with E-state index in [1.807, 2.05) is 0 Å². The van der Waals surface area contributed by atoms with Crippen LogP contribution in [0.25, 0.3) is 5.69 Å². The van der Waals surface area contributed by atoms with Gasteiger partial charge in [0.15, 0.2) is 5.69 Å². The van der Waals surface area contributed by atoms with Crippen molar-refractivity contribution in [2.24, 2.45) is 5.41 Å². The van der Waals surface area contributed by atoms with Crippen LogP contribution in [0.1, 0.15) is 39.3 Å². The summed E-state index contributed by atoms with van der Waals surface area (Å²) in [5, 5.41) is 12.6. The second-order valence-electron chi connectivity index (χ2n) is 7.45. The molecule has 0 saturated carbocycles. The number of carbonyl (C=O) groups excluding carboxylic acids is 1. The largest absolute Gasteiger partial charge is 0.478 e. The van der Waals surface area contributed by atoms with E-state index in [9.17, 15) is 22.8 Å². The summed E-state index contributed by atoms with van der Waals surface area (Å²) >= 11 is 0. The van der Waals surface area contributed by atoms with E-state index in [-0.39, 0.29) is 17.0 Å². The number of carboxylic acid groups (broad SMARTS) is 1. The maximum atomic E-state index is 13.3. The van der Waals surface area contributed by atoms with Gasteiger partial charge in [-0.05, 0) is 37.1 Å². The zero-order chi connectivity index (χ0) is 20.8. The number of carboxylic acids is 1. The Morgan fingerprint density at radius 3 is 2.48 bits per heavy atom. The van der Waals surface area contributed by atoms with Crippen molar-refractivity contribution in [1.82, 2.24) is 14.7 Å². The average Bonchev–Trinajstić information content (AvgIpc) is 3.41. The molecular weight excluding hydrogens is 391 g/mol. The summed E-state index contributed by atoms with van der Waals surface area (Å²) in [5.74, 6) is -1.91. The number of alkyl halides is 3. The lowest BCUT2D eigenvalue weighted by Crippen LogP contribution is -2.32. The van der Waals surface area contributed by atoms with Gasteiger partial charge in [0.2, 0.25) is 0 Å². The van der Waals surface area contributed by atoms with E-state index < -0.39 is 23.4 Å². The van der Waals surface area contributed by atoms with Crippen molar-refractivity contribution in [1.29, 1.82) is 0 Å². The highest BCUT2D eigenvalue weighted by Crippen LogP contribution is 2.39. The summed E-state index contributed by atoms with van der Waals surface area (Å²) in [6, 6.07) is 5.50. The van der Waals surface area contributed by atoms with Gasteiger partial charge < -0.3 is 14.7 Å². The first-order valence-electron chi connectivity index (χ1n) is 9.06. The third-order valence-electron chi connectivity index (χ3n) is 5.54. The third-order valence-corrected chi connectivity index (χ3v) is 5.54. The molecule has 7 nitrogen and oxygen atoms in total. The number of aromatic nitrogens is 2. The molecule has 0 radical (unpaired) electrons. The molecular formula is C19H18F3N3O4. The van der Waals surface area contributed by atoms with Crippen LogP contribution in [-0.2, 0) is 10.9 Å². The fourth-order valence-corrected chi connectivity index (χ4v) is 3.98. The Morgan fingerprint density at radius 2 is 1.90 bits per heavy atom. The molecule has 1 unspecified atom stereocenters. The molecule has 0 aliphatic carbocycles.